The molecule has 0 atom stereocenters. The summed E-state index contributed by atoms with van der Waals surface area (Å²) in [6, 6.07) is 14.0. The fraction of sp³-hybridized carbons (Fsp3) is 0.208. The molecule has 0 saturated heterocycles. The van der Waals surface area contributed by atoms with Crippen molar-refractivity contribution in [3.05, 3.63) is 94.6 Å². The Morgan fingerprint density at radius 2 is 1.53 bits per heavy atom. The summed E-state index contributed by atoms with van der Waals surface area (Å²) in [5.74, 6) is -1.95. The van der Waals surface area contributed by atoms with Gasteiger partial charge in [-0.1, -0.05) is 42.0 Å². The van der Waals surface area contributed by atoms with E-state index in [0.29, 0.717) is 11.3 Å². The molecule has 0 fully saturated rings. The van der Waals surface area contributed by atoms with Crippen LogP contribution in [0.4, 0.5) is 14.5 Å². The predicted octanol–water partition coefficient (Wildman–Crippen LogP) is 4.72. The van der Waals surface area contributed by atoms with Crippen molar-refractivity contribution in [1.29, 1.82) is 0 Å². The zero-order valence-corrected chi connectivity index (χ0v) is 18.8. The highest BCUT2D eigenvalue weighted by Gasteiger charge is 2.29. The van der Waals surface area contributed by atoms with Crippen molar-refractivity contribution in [1.82, 2.24) is 4.31 Å². The Morgan fingerprint density at radius 1 is 0.938 bits per heavy atom. The lowest BCUT2D eigenvalue weighted by atomic mass is 10.1. The van der Waals surface area contributed by atoms with Crippen LogP contribution < -0.4 is 5.32 Å². The molecule has 8 heteroatoms. The molecule has 0 aliphatic carbocycles. The summed E-state index contributed by atoms with van der Waals surface area (Å²) in [6.45, 7) is 4.87. The van der Waals surface area contributed by atoms with Crippen LogP contribution in [0.3, 0.4) is 0 Å². The van der Waals surface area contributed by atoms with E-state index in [4.69, 9.17) is 0 Å². The van der Waals surface area contributed by atoms with Gasteiger partial charge in [0.25, 0.3) is 0 Å². The summed E-state index contributed by atoms with van der Waals surface area (Å²) >= 11 is 0. The highest BCUT2D eigenvalue weighted by Crippen LogP contribution is 2.24. The van der Waals surface area contributed by atoms with E-state index in [9.17, 15) is 22.0 Å². The third-order valence-corrected chi connectivity index (χ3v) is 6.81. The van der Waals surface area contributed by atoms with Gasteiger partial charge in [0.05, 0.1) is 6.54 Å². The minimum atomic E-state index is -4.35. The molecule has 0 spiro atoms. The Labute approximate surface area is 186 Å². The van der Waals surface area contributed by atoms with Crippen LogP contribution in [0, 0.1) is 32.4 Å². The van der Waals surface area contributed by atoms with Crippen LogP contribution in [0.5, 0.6) is 0 Å². The lowest BCUT2D eigenvalue weighted by Crippen LogP contribution is -2.38. The fourth-order valence-corrected chi connectivity index (χ4v) is 4.98. The van der Waals surface area contributed by atoms with Crippen molar-refractivity contribution < 1.29 is 22.0 Å². The van der Waals surface area contributed by atoms with Crippen LogP contribution in [0.25, 0.3) is 0 Å². The van der Waals surface area contributed by atoms with Gasteiger partial charge in [-0.2, -0.15) is 4.31 Å². The number of halogens is 2. The summed E-state index contributed by atoms with van der Waals surface area (Å²) in [6.07, 6.45) is 0. The van der Waals surface area contributed by atoms with Gasteiger partial charge in [0.2, 0.25) is 15.9 Å². The van der Waals surface area contributed by atoms with E-state index in [1.165, 1.54) is 36.4 Å². The summed E-state index contributed by atoms with van der Waals surface area (Å²) in [4.78, 5) is 12.3. The molecule has 0 aliphatic rings. The molecular formula is C24H24F2N2O3S. The second kappa shape index (κ2) is 9.58. The molecule has 0 aliphatic heterocycles. The number of anilines is 1. The first kappa shape index (κ1) is 23.6. The maximum Gasteiger partial charge on any atom is 0.246 e. The van der Waals surface area contributed by atoms with Gasteiger partial charge in [0, 0.05) is 12.2 Å². The average Bonchev–Trinajstić information content (AvgIpc) is 2.72. The predicted molar refractivity (Wildman–Crippen MR) is 120 cm³/mol. The normalized spacial score (nSPS) is 11.6. The lowest BCUT2D eigenvalue weighted by Gasteiger charge is -2.23. The molecule has 3 aromatic rings. The standard InChI is InChI=1S/C24H24F2N2O3S/c1-16-12-17(2)24(18(3)13-16)27-23(29)15-28(14-19-8-10-20(25)11-9-19)32(30,31)22-7-5-4-6-21(22)26/h4-13H,14-15H2,1-3H3,(H,27,29). The molecule has 0 saturated carbocycles. The van der Waals surface area contributed by atoms with Gasteiger partial charge in [-0.25, -0.2) is 17.2 Å². The lowest BCUT2D eigenvalue weighted by molar-refractivity contribution is -0.116. The summed E-state index contributed by atoms with van der Waals surface area (Å²) in [7, 11) is -4.35. The van der Waals surface area contributed by atoms with Gasteiger partial charge in [-0.15, -0.1) is 0 Å². The van der Waals surface area contributed by atoms with E-state index in [1.54, 1.807) is 0 Å². The van der Waals surface area contributed by atoms with Crippen molar-refractivity contribution in [3.8, 4) is 0 Å². The average molecular weight is 459 g/mol. The molecule has 3 aromatic carbocycles. The van der Waals surface area contributed by atoms with E-state index < -0.39 is 39.0 Å². The molecule has 0 radical (unpaired) electrons. The molecule has 0 aromatic heterocycles. The van der Waals surface area contributed by atoms with Crippen LogP contribution in [0.2, 0.25) is 0 Å². The molecule has 32 heavy (non-hydrogen) atoms. The SMILES string of the molecule is Cc1cc(C)c(NC(=O)CN(Cc2ccc(F)cc2)S(=O)(=O)c2ccccc2F)c(C)c1. The van der Waals surface area contributed by atoms with Gasteiger partial charge in [-0.05, 0) is 61.7 Å². The number of nitrogens with zero attached hydrogens (tertiary/aromatic N) is 1. The molecule has 0 unspecified atom stereocenters. The Hall–Kier alpha value is -3.10. The highest BCUT2D eigenvalue weighted by atomic mass is 32.2. The van der Waals surface area contributed by atoms with E-state index >= 15 is 0 Å². The number of benzene rings is 3. The summed E-state index contributed by atoms with van der Waals surface area (Å²) in [5, 5.41) is 2.77. The number of hydrogen-bond acceptors (Lipinski definition) is 3. The second-order valence-electron chi connectivity index (χ2n) is 7.65. The highest BCUT2D eigenvalue weighted by molar-refractivity contribution is 7.89. The Bertz CT molecular complexity index is 1220. The minimum absolute atomic E-state index is 0.226. The van der Waals surface area contributed by atoms with Gasteiger partial charge >= 0.3 is 0 Å². The van der Waals surface area contributed by atoms with Crippen LogP contribution in [0.1, 0.15) is 22.3 Å². The number of rotatable bonds is 7. The van der Waals surface area contributed by atoms with E-state index in [1.807, 2.05) is 32.9 Å². The molecule has 168 valence electrons. The summed E-state index contributed by atoms with van der Waals surface area (Å²) < 4.78 is 54.9. The van der Waals surface area contributed by atoms with E-state index in [-0.39, 0.29) is 6.54 Å². The molecule has 5 nitrogen and oxygen atoms in total. The van der Waals surface area contributed by atoms with Crippen LogP contribution in [-0.4, -0.2) is 25.2 Å². The maximum absolute atomic E-state index is 14.3. The van der Waals surface area contributed by atoms with E-state index in [0.717, 1.165) is 33.1 Å². The number of amides is 1. The third kappa shape index (κ3) is 5.38. The molecule has 0 heterocycles. The number of nitrogens with one attached hydrogen (secondary N) is 1. The quantitative estimate of drug-likeness (QED) is 0.557. The first-order valence-corrected chi connectivity index (χ1v) is 11.4. The van der Waals surface area contributed by atoms with Crippen LogP contribution in [0.15, 0.2) is 65.6 Å². The maximum atomic E-state index is 14.3. The number of carbonyl (C=O) groups excluding carboxylic acids is 1. The van der Waals surface area contributed by atoms with Crippen molar-refractivity contribution in [2.75, 3.05) is 11.9 Å². The first-order valence-electron chi connectivity index (χ1n) is 9.95. The van der Waals surface area contributed by atoms with Gasteiger partial charge in [0.1, 0.15) is 16.5 Å². The number of aryl methyl sites for hydroxylation is 3. The largest absolute Gasteiger partial charge is 0.324 e. The number of sulfonamides is 1. The molecule has 0 bridgehead atoms. The van der Waals surface area contributed by atoms with Crippen LogP contribution >= 0.6 is 0 Å². The third-order valence-electron chi connectivity index (χ3n) is 4.99. The fourth-order valence-electron chi connectivity index (χ4n) is 3.53. The molecular weight excluding hydrogens is 434 g/mol. The first-order chi connectivity index (χ1) is 15.1. The minimum Gasteiger partial charge on any atom is -0.324 e. The second-order valence-corrected chi connectivity index (χ2v) is 9.56. The van der Waals surface area contributed by atoms with Crippen molar-refractivity contribution >= 4 is 21.6 Å². The Kier molecular flexibility index (Phi) is 7.06. The smallest absolute Gasteiger partial charge is 0.246 e. The van der Waals surface area contributed by atoms with Crippen molar-refractivity contribution in [2.45, 2.75) is 32.2 Å². The molecule has 1 N–H and O–H groups in total. The van der Waals surface area contributed by atoms with Crippen molar-refractivity contribution in [3.63, 3.8) is 0 Å². The van der Waals surface area contributed by atoms with Gasteiger partial charge in [-0.3, -0.25) is 4.79 Å². The summed E-state index contributed by atoms with van der Waals surface area (Å²) in [5.41, 5.74) is 3.79. The van der Waals surface area contributed by atoms with Crippen molar-refractivity contribution in [2.24, 2.45) is 0 Å². The molecule has 3 rings (SSSR count). The van der Waals surface area contributed by atoms with Gasteiger partial charge < -0.3 is 5.32 Å². The van der Waals surface area contributed by atoms with Gasteiger partial charge in [0.15, 0.2) is 0 Å². The monoisotopic (exact) mass is 458 g/mol. The zero-order valence-electron chi connectivity index (χ0n) is 18.0. The Balaban J connectivity index is 1.93. The van der Waals surface area contributed by atoms with E-state index in [2.05, 4.69) is 5.32 Å². The number of carbonyl (C=O) groups is 1. The number of hydrogen-bond donors (Lipinski definition) is 1. The van der Waals surface area contributed by atoms with Crippen LogP contribution in [-0.2, 0) is 21.4 Å². The zero-order chi connectivity index (χ0) is 23.5. The Morgan fingerprint density at radius 3 is 2.12 bits per heavy atom. The topological polar surface area (TPSA) is 66.5 Å². The molecule has 1 amide bonds.